The Morgan fingerprint density at radius 1 is 1.16 bits per heavy atom. The van der Waals surface area contributed by atoms with Gasteiger partial charge in [0.05, 0.1) is 35.0 Å². The molecule has 1 aliphatic rings. The number of aromatic nitrogens is 2. The first-order valence-corrected chi connectivity index (χ1v) is 10.2. The van der Waals surface area contributed by atoms with Crippen LogP contribution in [0.25, 0.3) is 0 Å². The summed E-state index contributed by atoms with van der Waals surface area (Å²) in [4.78, 5) is 45.0. The van der Waals surface area contributed by atoms with Crippen molar-refractivity contribution < 1.29 is 14.3 Å². The highest BCUT2D eigenvalue weighted by Crippen LogP contribution is 2.32. The van der Waals surface area contributed by atoms with E-state index in [1.807, 2.05) is 0 Å². The van der Waals surface area contributed by atoms with E-state index in [4.69, 9.17) is 27.9 Å². The van der Waals surface area contributed by atoms with Crippen LogP contribution in [0.5, 0.6) is 5.75 Å². The Kier molecular flexibility index (Phi) is 6.02. The molecule has 1 aliphatic heterocycles. The number of nitrogens with one attached hydrogen (secondary N) is 4. The number of H-pyrrole nitrogens is 1. The van der Waals surface area contributed by atoms with Crippen LogP contribution >= 0.6 is 23.2 Å². The van der Waals surface area contributed by atoms with E-state index in [0.717, 1.165) is 0 Å². The Hall–Kier alpha value is -3.56. The molecule has 4 rings (SSSR count). The van der Waals surface area contributed by atoms with Gasteiger partial charge in [-0.2, -0.15) is 4.98 Å². The number of fused-ring (bicyclic) bond motifs is 1. The first kappa shape index (κ1) is 21.7. The highest BCUT2D eigenvalue weighted by atomic mass is 35.5. The van der Waals surface area contributed by atoms with Crippen molar-refractivity contribution >= 4 is 58.2 Å². The number of amides is 2. The number of hydrogen-bond donors (Lipinski definition) is 4. The van der Waals surface area contributed by atoms with Gasteiger partial charge in [-0.05, 0) is 30.3 Å². The summed E-state index contributed by atoms with van der Waals surface area (Å²) in [6.07, 6.45) is -0.214. The minimum Gasteiger partial charge on any atom is -0.495 e. The Labute approximate surface area is 192 Å². The van der Waals surface area contributed by atoms with Crippen molar-refractivity contribution in [3.63, 3.8) is 0 Å². The molecule has 1 aromatic heterocycles. The number of nitrogens with zero attached hydrogens (tertiary/aromatic N) is 1. The maximum absolute atomic E-state index is 12.9. The molecule has 0 unspecified atom stereocenters. The number of para-hydroxylation sites is 2. The van der Waals surface area contributed by atoms with Gasteiger partial charge in [0, 0.05) is 11.4 Å². The summed E-state index contributed by atoms with van der Waals surface area (Å²) < 4.78 is 5.28. The molecule has 9 nitrogen and oxygen atoms in total. The second kappa shape index (κ2) is 8.89. The molecule has 1 atom stereocenters. The molecule has 2 heterocycles. The fourth-order valence-electron chi connectivity index (χ4n) is 3.34. The molecular formula is C21H17Cl2N5O4. The second-order valence-corrected chi connectivity index (χ2v) is 7.76. The molecule has 164 valence electrons. The van der Waals surface area contributed by atoms with E-state index in [0.29, 0.717) is 22.1 Å². The molecule has 4 N–H and O–H groups in total. The van der Waals surface area contributed by atoms with Gasteiger partial charge in [-0.3, -0.25) is 19.4 Å². The zero-order valence-corrected chi connectivity index (χ0v) is 18.2. The highest BCUT2D eigenvalue weighted by Gasteiger charge is 2.35. The van der Waals surface area contributed by atoms with Crippen LogP contribution in [0.3, 0.4) is 0 Å². The summed E-state index contributed by atoms with van der Waals surface area (Å²) in [5.74, 6) is -1.44. The SMILES string of the molecule is COc1ccccc1Nc1nc2c(c(=O)[nH]1)[C@@H](C(=O)Nc1ccc(Cl)cc1Cl)CC(=O)N2. The van der Waals surface area contributed by atoms with E-state index in [1.165, 1.54) is 19.2 Å². The average molecular weight is 474 g/mol. The van der Waals surface area contributed by atoms with Crippen LogP contribution in [0.4, 0.5) is 23.1 Å². The van der Waals surface area contributed by atoms with Crippen molar-refractivity contribution in [3.05, 3.63) is 68.4 Å². The fourth-order valence-corrected chi connectivity index (χ4v) is 3.80. The molecule has 0 aliphatic carbocycles. The van der Waals surface area contributed by atoms with Gasteiger partial charge in [0.2, 0.25) is 17.8 Å². The van der Waals surface area contributed by atoms with Crippen molar-refractivity contribution in [1.29, 1.82) is 0 Å². The molecule has 2 aromatic carbocycles. The van der Waals surface area contributed by atoms with Crippen LogP contribution in [-0.2, 0) is 9.59 Å². The van der Waals surface area contributed by atoms with Gasteiger partial charge in [-0.15, -0.1) is 0 Å². The van der Waals surface area contributed by atoms with Crippen molar-refractivity contribution in [2.24, 2.45) is 0 Å². The van der Waals surface area contributed by atoms with Gasteiger partial charge in [0.25, 0.3) is 5.56 Å². The van der Waals surface area contributed by atoms with Gasteiger partial charge >= 0.3 is 0 Å². The van der Waals surface area contributed by atoms with E-state index in [2.05, 4.69) is 25.9 Å². The van der Waals surface area contributed by atoms with E-state index in [-0.39, 0.29) is 28.8 Å². The van der Waals surface area contributed by atoms with Crippen molar-refractivity contribution in [2.75, 3.05) is 23.1 Å². The van der Waals surface area contributed by atoms with Crippen molar-refractivity contribution in [3.8, 4) is 5.75 Å². The maximum Gasteiger partial charge on any atom is 0.258 e. The molecule has 32 heavy (non-hydrogen) atoms. The van der Waals surface area contributed by atoms with Crippen LogP contribution in [0.1, 0.15) is 17.9 Å². The van der Waals surface area contributed by atoms with Gasteiger partial charge in [0.15, 0.2) is 0 Å². The van der Waals surface area contributed by atoms with Gasteiger partial charge in [-0.1, -0.05) is 35.3 Å². The third-order valence-corrected chi connectivity index (χ3v) is 5.36. The quantitative estimate of drug-likeness (QED) is 0.445. The standard InChI is InChI=1S/C21H17Cl2N5O4/c1-32-15-5-3-2-4-14(15)25-21-27-18-17(20(31)28-21)11(9-16(29)26-18)19(30)24-13-7-6-10(22)8-12(13)23/h2-8,11H,9H2,1H3,(H,24,30)(H3,25,26,27,28,29,31)/t11-/m0/s1. The van der Waals surface area contributed by atoms with Gasteiger partial charge in [-0.25, -0.2) is 0 Å². The zero-order chi connectivity index (χ0) is 22.8. The smallest absolute Gasteiger partial charge is 0.258 e. The largest absolute Gasteiger partial charge is 0.495 e. The van der Waals surface area contributed by atoms with Gasteiger partial charge < -0.3 is 20.7 Å². The fraction of sp³-hybridized carbons (Fsp3) is 0.143. The monoisotopic (exact) mass is 473 g/mol. The Balaban J connectivity index is 1.65. The first-order valence-electron chi connectivity index (χ1n) is 9.45. The molecule has 2 amide bonds. The Morgan fingerprint density at radius 2 is 1.94 bits per heavy atom. The number of methoxy groups -OCH3 is 1. The third-order valence-electron chi connectivity index (χ3n) is 4.82. The maximum atomic E-state index is 12.9. The molecule has 3 aromatic rings. The summed E-state index contributed by atoms with van der Waals surface area (Å²) >= 11 is 12.0. The number of rotatable bonds is 5. The van der Waals surface area contributed by atoms with Crippen LogP contribution < -0.4 is 26.2 Å². The minimum atomic E-state index is -1.05. The number of hydrogen-bond acceptors (Lipinski definition) is 6. The highest BCUT2D eigenvalue weighted by molar-refractivity contribution is 6.36. The van der Waals surface area contributed by atoms with Crippen LogP contribution in [-0.4, -0.2) is 28.9 Å². The summed E-state index contributed by atoms with van der Waals surface area (Å²) in [6, 6.07) is 11.6. The zero-order valence-electron chi connectivity index (χ0n) is 16.7. The predicted octanol–water partition coefficient (Wildman–Crippen LogP) is 3.89. The third kappa shape index (κ3) is 4.39. The second-order valence-electron chi connectivity index (χ2n) is 6.92. The first-order chi connectivity index (χ1) is 15.4. The van der Waals surface area contributed by atoms with E-state index in [9.17, 15) is 14.4 Å². The summed E-state index contributed by atoms with van der Waals surface area (Å²) in [7, 11) is 1.51. The summed E-state index contributed by atoms with van der Waals surface area (Å²) in [6.45, 7) is 0. The molecule has 0 bridgehead atoms. The summed E-state index contributed by atoms with van der Waals surface area (Å²) in [5, 5.41) is 8.79. The molecule has 11 heteroatoms. The number of ether oxygens (including phenoxy) is 1. The topological polar surface area (TPSA) is 125 Å². The lowest BCUT2D eigenvalue weighted by molar-refractivity contribution is -0.123. The molecule has 0 saturated carbocycles. The number of anilines is 4. The van der Waals surface area contributed by atoms with E-state index >= 15 is 0 Å². The number of halogens is 2. The Bertz CT molecular complexity index is 1280. The normalized spacial score (nSPS) is 14.8. The molecule has 0 radical (unpaired) electrons. The lowest BCUT2D eigenvalue weighted by Crippen LogP contribution is -2.36. The number of benzene rings is 2. The Morgan fingerprint density at radius 3 is 2.69 bits per heavy atom. The van der Waals surface area contributed by atoms with E-state index in [1.54, 1.807) is 30.3 Å². The molecule has 0 fully saturated rings. The summed E-state index contributed by atoms with van der Waals surface area (Å²) in [5.41, 5.74) is 0.367. The minimum absolute atomic E-state index is 0.00440. The molecule has 0 spiro atoms. The average Bonchev–Trinajstić information content (AvgIpc) is 2.75. The van der Waals surface area contributed by atoms with Gasteiger partial charge in [0.1, 0.15) is 11.6 Å². The van der Waals surface area contributed by atoms with Crippen molar-refractivity contribution in [2.45, 2.75) is 12.3 Å². The lowest BCUT2D eigenvalue weighted by Gasteiger charge is -2.24. The van der Waals surface area contributed by atoms with Crippen LogP contribution in [0.2, 0.25) is 10.0 Å². The van der Waals surface area contributed by atoms with E-state index < -0.39 is 23.3 Å². The van der Waals surface area contributed by atoms with Crippen molar-refractivity contribution in [1.82, 2.24) is 9.97 Å². The number of carbonyl (C=O) groups is 2. The van der Waals surface area contributed by atoms with Crippen LogP contribution in [0, 0.1) is 0 Å². The predicted molar refractivity (Wildman–Crippen MR) is 122 cm³/mol. The van der Waals surface area contributed by atoms with Crippen LogP contribution in [0.15, 0.2) is 47.3 Å². The lowest BCUT2D eigenvalue weighted by atomic mass is 9.92. The molecule has 0 saturated heterocycles. The molecular weight excluding hydrogens is 457 g/mol. The number of carbonyl (C=O) groups excluding carboxylic acids is 2. The number of aromatic amines is 1.